The number of nitrogens with two attached hydrogens (primary N) is 1. The fraction of sp³-hybridized carbons (Fsp3) is 0.286. The average molecular weight is 258 g/mol. The molecule has 0 aliphatic rings. The number of rotatable bonds is 5. The molecule has 1 unspecified atom stereocenters. The SMILES string of the molecule is COc1ccc(CC(NN)c2ccc(C)nc2)cn1. The number of hydrazine groups is 1. The predicted molar refractivity (Wildman–Crippen MR) is 73.5 cm³/mol. The Morgan fingerprint density at radius 2 is 2.05 bits per heavy atom. The molecule has 2 heterocycles. The summed E-state index contributed by atoms with van der Waals surface area (Å²) >= 11 is 0. The minimum atomic E-state index is 0.0169. The molecule has 0 aliphatic carbocycles. The molecular formula is C14H18N4O. The monoisotopic (exact) mass is 258 g/mol. The van der Waals surface area contributed by atoms with E-state index in [1.807, 2.05) is 37.4 Å². The van der Waals surface area contributed by atoms with Crippen LogP contribution in [0.3, 0.4) is 0 Å². The van der Waals surface area contributed by atoms with Crippen LogP contribution in [-0.2, 0) is 6.42 Å². The van der Waals surface area contributed by atoms with E-state index >= 15 is 0 Å². The zero-order valence-corrected chi connectivity index (χ0v) is 11.1. The van der Waals surface area contributed by atoms with Gasteiger partial charge in [0.15, 0.2) is 0 Å². The molecule has 3 N–H and O–H groups in total. The first-order valence-corrected chi connectivity index (χ1v) is 6.10. The second-order valence-corrected chi connectivity index (χ2v) is 4.37. The number of aromatic nitrogens is 2. The van der Waals surface area contributed by atoms with Crippen LogP contribution in [-0.4, -0.2) is 17.1 Å². The molecule has 19 heavy (non-hydrogen) atoms. The molecular weight excluding hydrogens is 240 g/mol. The van der Waals surface area contributed by atoms with Gasteiger partial charge in [-0.05, 0) is 30.5 Å². The lowest BCUT2D eigenvalue weighted by atomic mass is 10.0. The summed E-state index contributed by atoms with van der Waals surface area (Å²) in [5.74, 6) is 6.23. The number of ether oxygens (including phenoxy) is 1. The zero-order chi connectivity index (χ0) is 13.7. The van der Waals surface area contributed by atoms with E-state index in [2.05, 4.69) is 15.4 Å². The van der Waals surface area contributed by atoms with Crippen molar-refractivity contribution in [3.63, 3.8) is 0 Å². The van der Waals surface area contributed by atoms with Gasteiger partial charge in [0.25, 0.3) is 0 Å². The first-order valence-electron chi connectivity index (χ1n) is 6.10. The Bertz CT molecular complexity index is 510. The molecule has 0 aromatic carbocycles. The first-order chi connectivity index (χ1) is 9.22. The van der Waals surface area contributed by atoms with Crippen molar-refractivity contribution in [1.82, 2.24) is 15.4 Å². The second kappa shape index (κ2) is 6.26. The molecule has 0 saturated heterocycles. The van der Waals surface area contributed by atoms with Crippen molar-refractivity contribution < 1.29 is 4.74 Å². The van der Waals surface area contributed by atoms with E-state index in [-0.39, 0.29) is 6.04 Å². The van der Waals surface area contributed by atoms with Gasteiger partial charge in [0, 0.05) is 24.2 Å². The molecule has 5 nitrogen and oxygen atoms in total. The summed E-state index contributed by atoms with van der Waals surface area (Å²) in [5.41, 5.74) is 5.95. The summed E-state index contributed by atoms with van der Waals surface area (Å²) < 4.78 is 5.04. The van der Waals surface area contributed by atoms with Gasteiger partial charge in [-0.15, -0.1) is 0 Å². The van der Waals surface area contributed by atoms with E-state index in [9.17, 15) is 0 Å². The fourth-order valence-electron chi connectivity index (χ4n) is 1.85. The standard InChI is InChI=1S/C14H18N4O/c1-10-3-5-12(9-16-10)13(18-15)7-11-4-6-14(19-2)17-8-11/h3-6,8-9,13,18H,7,15H2,1-2H3. The van der Waals surface area contributed by atoms with Crippen LogP contribution >= 0.6 is 0 Å². The van der Waals surface area contributed by atoms with Crippen molar-refractivity contribution in [3.05, 3.63) is 53.5 Å². The van der Waals surface area contributed by atoms with Crippen LogP contribution in [0, 0.1) is 6.92 Å². The van der Waals surface area contributed by atoms with Crippen molar-refractivity contribution in [3.8, 4) is 5.88 Å². The van der Waals surface area contributed by atoms with Crippen molar-refractivity contribution in [2.75, 3.05) is 7.11 Å². The summed E-state index contributed by atoms with van der Waals surface area (Å²) in [7, 11) is 1.60. The Hall–Kier alpha value is -1.98. The van der Waals surface area contributed by atoms with Crippen LogP contribution in [0.25, 0.3) is 0 Å². The highest BCUT2D eigenvalue weighted by Crippen LogP contribution is 2.18. The highest BCUT2D eigenvalue weighted by atomic mass is 16.5. The first kappa shape index (κ1) is 13.5. The summed E-state index contributed by atoms with van der Waals surface area (Å²) in [6, 6.07) is 7.85. The van der Waals surface area contributed by atoms with Crippen molar-refractivity contribution in [2.45, 2.75) is 19.4 Å². The number of pyridine rings is 2. The largest absolute Gasteiger partial charge is 0.481 e. The summed E-state index contributed by atoms with van der Waals surface area (Å²) in [6.07, 6.45) is 4.39. The van der Waals surface area contributed by atoms with E-state index < -0.39 is 0 Å². The topological polar surface area (TPSA) is 73.1 Å². The van der Waals surface area contributed by atoms with Crippen LogP contribution in [0.15, 0.2) is 36.7 Å². The van der Waals surface area contributed by atoms with Gasteiger partial charge < -0.3 is 4.74 Å². The van der Waals surface area contributed by atoms with Crippen molar-refractivity contribution in [1.29, 1.82) is 0 Å². The number of nitrogens with zero attached hydrogens (tertiary/aromatic N) is 2. The Morgan fingerprint density at radius 3 is 2.58 bits per heavy atom. The van der Waals surface area contributed by atoms with Gasteiger partial charge in [-0.1, -0.05) is 12.1 Å². The van der Waals surface area contributed by atoms with Crippen molar-refractivity contribution in [2.24, 2.45) is 5.84 Å². The maximum Gasteiger partial charge on any atom is 0.212 e. The van der Waals surface area contributed by atoms with Crippen LogP contribution in [0.1, 0.15) is 22.9 Å². The lowest BCUT2D eigenvalue weighted by Gasteiger charge is -2.16. The quantitative estimate of drug-likeness (QED) is 0.628. The molecule has 0 amide bonds. The molecule has 0 bridgehead atoms. The van der Waals surface area contributed by atoms with E-state index in [0.717, 1.165) is 23.2 Å². The predicted octanol–water partition coefficient (Wildman–Crippen LogP) is 1.54. The Labute approximate surface area is 112 Å². The number of aryl methyl sites for hydroxylation is 1. The van der Waals surface area contributed by atoms with Gasteiger partial charge in [-0.2, -0.15) is 0 Å². The smallest absolute Gasteiger partial charge is 0.212 e. The van der Waals surface area contributed by atoms with E-state index in [1.165, 1.54) is 0 Å². The van der Waals surface area contributed by atoms with Crippen LogP contribution in [0.2, 0.25) is 0 Å². The summed E-state index contributed by atoms with van der Waals surface area (Å²) in [6.45, 7) is 1.96. The van der Waals surface area contributed by atoms with E-state index in [0.29, 0.717) is 5.88 Å². The molecule has 1 atom stereocenters. The zero-order valence-electron chi connectivity index (χ0n) is 11.1. The lowest BCUT2D eigenvalue weighted by Crippen LogP contribution is -2.29. The molecule has 0 aliphatic heterocycles. The third-order valence-electron chi connectivity index (χ3n) is 2.98. The molecule has 0 radical (unpaired) electrons. The number of nitrogens with one attached hydrogen (secondary N) is 1. The second-order valence-electron chi connectivity index (χ2n) is 4.37. The summed E-state index contributed by atoms with van der Waals surface area (Å²) in [5, 5.41) is 0. The van der Waals surface area contributed by atoms with E-state index in [4.69, 9.17) is 10.6 Å². The maximum absolute atomic E-state index is 5.62. The molecule has 0 spiro atoms. The maximum atomic E-state index is 5.62. The van der Waals surface area contributed by atoms with Gasteiger partial charge >= 0.3 is 0 Å². The highest BCUT2D eigenvalue weighted by Gasteiger charge is 2.11. The fourth-order valence-corrected chi connectivity index (χ4v) is 1.85. The molecule has 2 aromatic rings. The highest BCUT2D eigenvalue weighted by molar-refractivity contribution is 5.23. The lowest BCUT2D eigenvalue weighted by molar-refractivity contribution is 0.397. The average Bonchev–Trinajstić information content (AvgIpc) is 2.46. The van der Waals surface area contributed by atoms with Crippen molar-refractivity contribution >= 4 is 0 Å². The number of methoxy groups -OCH3 is 1. The Balaban J connectivity index is 2.11. The van der Waals surface area contributed by atoms with Gasteiger partial charge in [0.2, 0.25) is 5.88 Å². The molecule has 2 rings (SSSR count). The Kier molecular flexibility index (Phi) is 4.43. The normalized spacial score (nSPS) is 12.2. The van der Waals surface area contributed by atoms with Gasteiger partial charge in [-0.25, -0.2) is 4.98 Å². The molecule has 0 saturated carbocycles. The number of hydrogen-bond donors (Lipinski definition) is 2. The molecule has 5 heteroatoms. The third-order valence-corrected chi connectivity index (χ3v) is 2.98. The van der Waals surface area contributed by atoms with E-state index in [1.54, 1.807) is 13.3 Å². The van der Waals surface area contributed by atoms with Gasteiger partial charge in [-0.3, -0.25) is 16.3 Å². The third kappa shape index (κ3) is 3.49. The molecule has 0 fully saturated rings. The minimum absolute atomic E-state index is 0.0169. The van der Waals surface area contributed by atoms with Gasteiger partial charge in [0.1, 0.15) is 0 Å². The molecule has 2 aromatic heterocycles. The van der Waals surface area contributed by atoms with Crippen LogP contribution in [0.4, 0.5) is 0 Å². The molecule has 100 valence electrons. The Morgan fingerprint density at radius 1 is 1.21 bits per heavy atom. The minimum Gasteiger partial charge on any atom is -0.481 e. The number of hydrogen-bond acceptors (Lipinski definition) is 5. The van der Waals surface area contributed by atoms with Gasteiger partial charge in [0.05, 0.1) is 13.2 Å². The van der Waals surface area contributed by atoms with Crippen LogP contribution < -0.4 is 16.0 Å². The van der Waals surface area contributed by atoms with Crippen LogP contribution in [0.5, 0.6) is 5.88 Å². The summed E-state index contributed by atoms with van der Waals surface area (Å²) in [4.78, 5) is 8.47.